The van der Waals surface area contributed by atoms with Crippen LogP contribution in [0, 0.1) is 16.0 Å². The second-order valence-electron chi connectivity index (χ2n) is 7.22. The van der Waals surface area contributed by atoms with Crippen molar-refractivity contribution in [2.45, 2.75) is 51.7 Å². The van der Waals surface area contributed by atoms with Gasteiger partial charge < -0.3 is 15.4 Å². The number of nitro benzene ring substituents is 1. The molecule has 2 amide bonds. The number of benzene rings is 1. The van der Waals surface area contributed by atoms with Crippen molar-refractivity contribution >= 4 is 17.7 Å². The van der Waals surface area contributed by atoms with Crippen LogP contribution in [0.2, 0.25) is 0 Å². The van der Waals surface area contributed by atoms with Crippen LogP contribution < -0.4 is 10.6 Å². The number of nitrogens with zero attached hydrogens (tertiary/aromatic N) is 1. The molecule has 144 valence electrons. The maximum atomic E-state index is 12.9. The Morgan fingerprint density at radius 2 is 1.96 bits per heavy atom. The Bertz CT molecular complexity index is 787. The van der Waals surface area contributed by atoms with Gasteiger partial charge in [-0.2, -0.15) is 0 Å². The van der Waals surface area contributed by atoms with Crippen LogP contribution in [0.4, 0.5) is 10.5 Å². The fraction of sp³-hybridized carbons (Fsp3) is 0.474. The van der Waals surface area contributed by atoms with Gasteiger partial charge in [0.1, 0.15) is 6.10 Å². The first kappa shape index (κ1) is 18.9. The second kappa shape index (κ2) is 7.77. The standard InChI is InChI=1S/C19H23N3O5/c1-11-4-3-5-15(10-11)27-18(23)16-12(2)20-19(24)21-17(16)13-6-8-14(9-7-13)22(25)26/h6-9,11,15,17H,3-5,10H2,1-2H3,(H2,20,21,24). The molecule has 1 aliphatic carbocycles. The van der Waals surface area contributed by atoms with Crippen molar-refractivity contribution in [1.29, 1.82) is 0 Å². The first-order chi connectivity index (χ1) is 12.8. The molecule has 1 aromatic carbocycles. The van der Waals surface area contributed by atoms with Crippen LogP contribution in [0.3, 0.4) is 0 Å². The molecule has 1 aromatic rings. The van der Waals surface area contributed by atoms with Gasteiger partial charge in [-0.15, -0.1) is 0 Å². The van der Waals surface area contributed by atoms with E-state index in [0.717, 1.165) is 25.7 Å². The first-order valence-corrected chi connectivity index (χ1v) is 9.08. The zero-order chi connectivity index (χ0) is 19.6. The molecular weight excluding hydrogens is 350 g/mol. The fourth-order valence-electron chi connectivity index (χ4n) is 3.70. The molecule has 0 bridgehead atoms. The second-order valence-corrected chi connectivity index (χ2v) is 7.22. The van der Waals surface area contributed by atoms with Gasteiger partial charge in [0.2, 0.25) is 0 Å². The summed E-state index contributed by atoms with van der Waals surface area (Å²) in [6, 6.07) is 4.64. The summed E-state index contributed by atoms with van der Waals surface area (Å²) in [6.45, 7) is 3.80. The third kappa shape index (κ3) is 4.27. The van der Waals surface area contributed by atoms with E-state index < -0.39 is 23.0 Å². The van der Waals surface area contributed by atoms with E-state index in [2.05, 4.69) is 17.6 Å². The molecular formula is C19H23N3O5. The Hall–Kier alpha value is -2.90. The molecule has 8 heteroatoms. The third-order valence-electron chi connectivity index (χ3n) is 5.09. The zero-order valence-corrected chi connectivity index (χ0v) is 15.4. The van der Waals surface area contributed by atoms with Crippen LogP contribution in [0.1, 0.15) is 51.1 Å². The number of esters is 1. The molecule has 3 rings (SSSR count). The normalized spacial score (nSPS) is 25.4. The topological polar surface area (TPSA) is 111 Å². The predicted octanol–water partition coefficient (Wildman–Crippen LogP) is 3.34. The number of rotatable bonds is 4. The van der Waals surface area contributed by atoms with Gasteiger partial charge in [-0.3, -0.25) is 10.1 Å². The van der Waals surface area contributed by atoms with E-state index in [1.54, 1.807) is 6.92 Å². The zero-order valence-electron chi connectivity index (χ0n) is 15.4. The molecule has 1 aliphatic heterocycles. The van der Waals surface area contributed by atoms with Gasteiger partial charge in [-0.25, -0.2) is 9.59 Å². The highest BCUT2D eigenvalue weighted by Gasteiger charge is 2.34. The number of allylic oxidation sites excluding steroid dienone is 1. The maximum Gasteiger partial charge on any atom is 0.338 e. The van der Waals surface area contributed by atoms with Gasteiger partial charge in [0.05, 0.1) is 16.5 Å². The summed E-state index contributed by atoms with van der Waals surface area (Å²) < 4.78 is 5.72. The lowest BCUT2D eigenvalue weighted by molar-refractivity contribution is -0.384. The number of nitro groups is 1. The lowest BCUT2D eigenvalue weighted by Gasteiger charge is -2.31. The number of ether oxygens (including phenoxy) is 1. The molecule has 0 saturated heterocycles. The lowest BCUT2D eigenvalue weighted by Crippen LogP contribution is -2.45. The number of hydrogen-bond acceptors (Lipinski definition) is 5. The Balaban J connectivity index is 1.85. The van der Waals surface area contributed by atoms with Crippen molar-refractivity contribution in [2.24, 2.45) is 5.92 Å². The largest absolute Gasteiger partial charge is 0.459 e. The average Bonchev–Trinajstić information content (AvgIpc) is 2.61. The maximum absolute atomic E-state index is 12.9. The Labute approximate surface area is 157 Å². The first-order valence-electron chi connectivity index (χ1n) is 9.08. The molecule has 0 radical (unpaired) electrons. The van der Waals surface area contributed by atoms with Gasteiger partial charge in [0.25, 0.3) is 5.69 Å². The van der Waals surface area contributed by atoms with Crippen molar-refractivity contribution in [3.05, 3.63) is 51.2 Å². The van der Waals surface area contributed by atoms with E-state index in [4.69, 9.17) is 4.74 Å². The van der Waals surface area contributed by atoms with E-state index >= 15 is 0 Å². The molecule has 3 unspecified atom stereocenters. The number of amides is 2. The minimum absolute atomic E-state index is 0.0555. The number of urea groups is 1. The van der Waals surface area contributed by atoms with Crippen LogP contribution in [0.5, 0.6) is 0 Å². The molecule has 27 heavy (non-hydrogen) atoms. The number of hydrogen-bond donors (Lipinski definition) is 2. The minimum atomic E-state index is -0.715. The van der Waals surface area contributed by atoms with Gasteiger partial charge in [-0.05, 0) is 49.8 Å². The van der Waals surface area contributed by atoms with Crippen molar-refractivity contribution in [1.82, 2.24) is 10.6 Å². The lowest BCUT2D eigenvalue weighted by atomic mass is 9.88. The Morgan fingerprint density at radius 1 is 1.26 bits per heavy atom. The number of carbonyl (C=O) groups excluding carboxylic acids is 2. The molecule has 1 heterocycles. The number of carbonyl (C=O) groups is 2. The van der Waals surface area contributed by atoms with Crippen molar-refractivity contribution in [2.75, 3.05) is 0 Å². The average molecular weight is 373 g/mol. The van der Waals surface area contributed by atoms with Crippen molar-refractivity contribution in [3.63, 3.8) is 0 Å². The van der Waals surface area contributed by atoms with E-state index in [0.29, 0.717) is 22.8 Å². The fourth-order valence-corrected chi connectivity index (χ4v) is 3.70. The summed E-state index contributed by atoms with van der Waals surface area (Å²) in [7, 11) is 0. The highest BCUT2D eigenvalue weighted by molar-refractivity contribution is 5.95. The summed E-state index contributed by atoms with van der Waals surface area (Å²) in [5, 5.41) is 16.2. The van der Waals surface area contributed by atoms with Gasteiger partial charge in [0, 0.05) is 17.8 Å². The quantitative estimate of drug-likeness (QED) is 0.478. The monoisotopic (exact) mass is 373 g/mol. The molecule has 2 N–H and O–H groups in total. The number of nitrogens with one attached hydrogen (secondary N) is 2. The van der Waals surface area contributed by atoms with Crippen LogP contribution in [-0.2, 0) is 9.53 Å². The van der Waals surface area contributed by atoms with Crippen LogP contribution in [0.15, 0.2) is 35.5 Å². The molecule has 0 aromatic heterocycles. The van der Waals surface area contributed by atoms with Crippen LogP contribution >= 0.6 is 0 Å². The van der Waals surface area contributed by atoms with Crippen molar-refractivity contribution < 1.29 is 19.2 Å². The summed E-state index contributed by atoms with van der Waals surface area (Å²) in [5.41, 5.74) is 1.27. The van der Waals surface area contributed by atoms with E-state index in [9.17, 15) is 19.7 Å². The highest BCUT2D eigenvalue weighted by Crippen LogP contribution is 2.31. The number of non-ortho nitro benzene ring substituents is 1. The van der Waals surface area contributed by atoms with Crippen molar-refractivity contribution in [3.8, 4) is 0 Å². The van der Waals surface area contributed by atoms with Gasteiger partial charge >= 0.3 is 12.0 Å². The smallest absolute Gasteiger partial charge is 0.338 e. The van der Waals surface area contributed by atoms with E-state index in [1.165, 1.54) is 24.3 Å². The highest BCUT2D eigenvalue weighted by atomic mass is 16.6. The molecule has 2 aliphatic rings. The summed E-state index contributed by atoms with van der Waals surface area (Å²) in [4.78, 5) is 35.1. The summed E-state index contributed by atoms with van der Waals surface area (Å²) >= 11 is 0. The van der Waals surface area contributed by atoms with Crippen LogP contribution in [0.25, 0.3) is 0 Å². The Morgan fingerprint density at radius 3 is 2.59 bits per heavy atom. The van der Waals surface area contributed by atoms with E-state index in [1.807, 2.05) is 0 Å². The van der Waals surface area contributed by atoms with E-state index in [-0.39, 0.29) is 11.8 Å². The molecule has 1 saturated carbocycles. The van der Waals surface area contributed by atoms with Crippen LogP contribution in [-0.4, -0.2) is 23.0 Å². The molecule has 1 fully saturated rings. The predicted molar refractivity (Wildman–Crippen MR) is 97.7 cm³/mol. The summed E-state index contributed by atoms with van der Waals surface area (Å²) in [6.07, 6.45) is 3.71. The Kier molecular flexibility index (Phi) is 5.43. The van der Waals surface area contributed by atoms with Gasteiger partial charge in [0.15, 0.2) is 0 Å². The molecule has 8 nitrogen and oxygen atoms in total. The molecule has 3 atom stereocenters. The SMILES string of the molecule is CC1=C(C(=O)OC2CCCC(C)C2)C(c2ccc([N+](=O)[O-])cc2)NC(=O)N1. The molecule has 0 spiro atoms. The van der Waals surface area contributed by atoms with Gasteiger partial charge in [-0.1, -0.05) is 13.3 Å². The summed E-state index contributed by atoms with van der Waals surface area (Å²) in [5.74, 6) is 0.0451. The minimum Gasteiger partial charge on any atom is -0.459 e. The third-order valence-corrected chi connectivity index (χ3v) is 5.09.